The summed E-state index contributed by atoms with van der Waals surface area (Å²) in [4.78, 5) is 20.3. The lowest BCUT2D eigenvalue weighted by Crippen LogP contribution is -2.40. The van der Waals surface area contributed by atoms with E-state index in [2.05, 4.69) is 33.1 Å². The number of aryl methyl sites for hydroxylation is 2. The average Bonchev–Trinajstić information content (AvgIpc) is 3.44. The third-order valence-corrected chi connectivity index (χ3v) is 8.60. The van der Waals surface area contributed by atoms with E-state index in [4.69, 9.17) is 16.6 Å². The second-order valence-corrected chi connectivity index (χ2v) is 11.6. The highest BCUT2D eigenvalue weighted by Crippen LogP contribution is 2.43. The first-order valence-electron chi connectivity index (χ1n) is 13.5. The normalized spacial score (nSPS) is 24.1. The molecule has 2 aromatic heterocycles. The Balaban J connectivity index is 1.51. The van der Waals surface area contributed by atoms with E-state index in [0.717, 1.165) is 59.5 Å². The van der Waals surface area contributed by atoms with Gasteiger partial charge in [-0.05, 0) is 82.7 Å². The van der Waals surface area contributed by atoms with Crippen molar-refractivity contribution in [1.29, 1.82) is 0 Å². The quantitative estimate of drug-likeness (QED) is 0.334. The molecule has 2 aromatic carbocycles. The van der Waals surface area contributed by atoms with Crippen LogP contribution in [-0.2, 0) is 11.8 Å². The summed E-state index contributed by atoms with van der Waals surface area (Å²) in [6, 6.07) is 10.5. The Morgan fingerprint density at radius 2 is 1.90 bits per heavy atom. The van der Waals surface area contributed by atoms with Gasteiger partial charge in [0.15, 0.2) is 0 Å². The van der Waals surface area contributed by atoms with Gasteiger partial charge in [-0.2, -0.15) is 0 Å². The maximum absolute atomic E-state index is 14.0. The van der Waals surface area contributed by atoms with E-state index in [1.807, 2.05) is 20.9 Å². The van der Waals surface area contributed by atoms with Crippen molar-refractivity contribution < 1.29 is 14.3 Å². The van der Waals surface area contributed by atoms with E-state index in [1.165, 1.54) is 12.1 Å². The molecule has 3 heterocycles. The van der Waals surface area contributed by atoms with E-state index in [1.54, 1.807) is 15.6 Å². The van der Waals surface area contributed by atoms with Crippen molar-refractivity contribution in [2.24, 2.45) is 7.05 Å². The number of piperidine rings is 1. The molecule has 2 aliphatic rings. The SMILES string of the molecule is Cc1nnn(C)c1-c1ccc2c(c1)nc([C@@H]1CCCC(=O)N1c1ccc(F)c(Cl)c1)n2[C@H]1CC[C@@](C)(O)CC1. The van der Waals surface area contributed by atoms with Crippen LogP contribution in [0.2, 0.25) is 5.02 Å². The molecule has 8 nitrogen and oxygen atoms in total. The Morgan fingerprint density at radius 3 is 2.59 bits per heavy atom. The minimum atomic E-state index is -0.679. The zero-order chi connectivity index (χ0) is 27.5. The first kappa shape index (κ1) is 26.0. The van der Waals surface area contributed by atoms with Crippen LogP contribution in [0.15, 0.2) is 36.4 Å². The Morgan fingerprint density at radius 1 is 1.13 bits per heavy atom. The summed E-state index contributed by atoms with van der Waals surface area (Å²) in [5, 5.41) is 19.0. The third kappa shape index (κ3) is 4.61. The molecule has 0 unspecified atom stereocenters. The molecule has 1 saturated heterocycles. The number of halogens is 2. The Bertz CT molecular complexity index is 1550. The number of aliphatic hydroxyl groups is 1. The number of aromatic nitrogens is 5. The van der Waals surface area contributed by atoms with Crippen LogP contribution < -0.4 is 4.90 Å². The fourth-order valence-corrected chi connectivity index (χ4v) is 6.47. The molecule has 0 bridgehead atoms. The number of hydrogen-bond donors (Lipinski definition) is 1. The van der Waals surface area contributed by atoms with Crippen molar-refractivity contribution in [3.63, 3.8) is 0 Å². The van der Waals surface area contributed by atoms with Crippen LogP contribution in [0.1, 0.15) is 75.5 Å². The van der Waals surface area contributed by atoms with Gasteiger partial charge in [-0.3, -0.25) is 4.79 Å². The standard InChI is InChI=1S/C29H32ClFN6O2/c1-17-27(35(3)34-33-17)18-7-10-24-23(15-18)32-28(37(24)19-11-13-29(2,39)14-12-19)25-5-4-6-26(38)36(25)20-8-9-22(31)21(30)16-20/h7-10,15-16,19,25,39H,4-6,11-14H2,1-3H3/t19-,25-,29+/m0/s1. The van der Waals surface area contributed by atoms with Gasteiger partial charge in [-0.1, -0.05) is 22.9 Å². The van der Waals surface area contributed by atoms with Crippen molar-refractivity contribution in [1.82, 2.24) is 24.5 Å². The molecule has 0 spiro atoms. The second-order valence-electron chi connectivity index (χ2n) is 11.2. The monoisotopic (exact) mass is 550 g/mol. The Hall–Kier alpha value is -3.30. The number of hydrogen-bond acceptors (Lipinski definition) is 5. The molecule has 1 aliphatic carbocycles. The van der Waals surface area contributed by atoms with Gasteiger partial charge in [0.05, 0.1) is 39.1 Å². The maximum atomic E-state index is 14.0. The lowest BCUT2D eigenvalue weighted by molar-refractivity contribution is -0.120. The lowest BCUT2D eigenvalue weighted by atomic mass is 9.83. The van der Waals surface area contributed by atoms with E-state index in [9.17, 15) is 14.3 Å². The number of carbonyl (C=O) groups excluding carboxylic acids is 1. The zero-order valence-corrected chi connectivity index (χ0v) is 23.1. The third-order valence-electron chi connectivity index (χ3n) is 8.31. The van der Waals surface area contributed by atoms with E-state index in [-0.39, 0.29) is 23.0 Å². The van der Waals surface area contributed by atoms with Gasteiger partial charge in [-0.15, -0.1) is 5.10 Å². The van der Waals surface area contributed by atoms with Gasteiger partial charge < -0.3 is 14.6 Å². The van der Waals surface area contributed by atoms with E-state index >= 15 is 0 Å². The number of nitrogens with zero attached hydrogens (tertiary/aromatic N) is 6. The average molecular weight is 551 g/mol. The van der Waals surface area contributed by atoms with E-state index in [0.29, 0.717) is 24.9 Å². The minimum Gasteiger partial charge on any atom is -0.390 e. The van der Waals surface area contributed by atoms with Gasteiger partial charge in [0.2, 0.25) is 5.91 Å². The number of benzene rings is 2. The molecule has 10 heteroatoms. The predicted molar refractivity (Wildman–Crippen MR) is 148 cm³/mol. The topological polar surface area (TPSA) is 89.1 Å². The maximum Gasteiger partial charge on any atom is 0.227 e. The van der Waals surface area contributed by atoms with Crippen LogP contribution in [0.4, 0.5) is 10.1 Å². The summed E-state index contributed by atoms with van der Waals surface area (Å²) < 4.78 is 18.1. The number of imidazole rings is 1. The molecule has 204 valence electrons. The van der Waals surface area contributed by atoms with Crippen molar-refractivity contribution in [2.45, 2.75) is 76.5 Å². The fourth-order valence-electron chi connectivity index (χ4n) is 6.30. The smallest absolute Gasteiger partial charge is 0.227 e. The van der Waals surface area contributed by atoms with Crippen molar-refractivity contribution >= 4 is 34.2 Å². The molecular formula is C29H32ClFN6O2. The van der Waals surface area contributed by atoms with Crippen molar-refractivity contribution in [2.75, 3.05) is 4.90 Å². The summed E-state index contributed by atoms with van der Waals surface area (Å²) in [7, 11) is 1.87. The highest BCUT2D eigenvalue weighted by molar-refractivity contribution is 6.31. The molecule has 4 aromatic rings. The van der Waals surface area contributed by atoms with E-state index < -0.39 is 11.4 Å². The molecule has 1 N–H and O–H groups in total. The van der Waals surface area contributed by atoms with Gasteiger partial charge >= 0.3 is 0 Å². The second kappa shape index (κ2) is 9.71. The first-order valence-corrected chi connectivity index (χ1v) is 13.9. The number of carbonyl (C=O) groups is 1. The molecular weight excluding hydrogens is 519 g/mol. The minimum absolute atomic E-state index is 0.0163. The van der Waals surface area contributed by atoms with Gasteiger partial charge in [0.1, 0.15) is 11.6 Å². The predicted octanol–water partition coefficient (Wildman–Crippen LogP) is 6.06. The zero-order valence-electron chi connectivity index (χ0n) is 22.4. The number of anilines is 1. The van der Waals surface area contributed by atoms with Crippen LogP contribution in [0, 0.1) is 12.7 Å². The summed E-state index contributed by atoms with van der Waals surface area (Å²) in [5.41, 5.74) is 4.44. The molecule has 1 aliphatic heterocycles. The van der Waals surface area contributed by atoms with Crippen molar-refractivity contribution in [3.8, 4) is 11.3 Å². The van der Waals surface area contributed by atoms with Crippen LogP contribution in [0.5, 0.6) is 0 Å². The molecule has 2 fully saturated rings. The fraction of sp³-hybridized carbons (Fsp3) is 0.448. The van der Waals surface area contributed by atoms with Gasteiger partial charge in [-0.25, -0.2) is 14.1 Å². The molecule has 0 radical (unpaired) electrons. The summed E-state index contributed by atoms with van der Waals surface area (Å²) in [5.74, 6) is 0.258. The van der Waals surface area contributed by atoms with Crippen LogP contribution in [0.3, 0.4) is 0 Å². The summed E-state index contributed by atoms with van der Waals surface area (Å²) >= 11 is 6.14. The summed E-state index contributed by atoms with van der Waals surface area (Å²) in [6.45, 7) is 3.83. The number of amides is 1. The lowest BCUT2D eigenvalue weighted by Gasteiger charge is -2.38. The summed E-state index contributed by atoms with van der Waals surface area (Å²) in [6.07, 6.45) is 4.87. The van der Waals surface area contributed by atoms with Crippen molar-refractivity contribution in [3.05, 3.63) is 58.8 Å². The highest BCUT2D eigenvalue weighted by Gasteiger charge is 2.37. The Kier molecular flexibility index (Phi) is 6.46. The number of rotatable bonds is 4. The van der Waals surface area contributed by atoms with Gasteiger partial charge in [0.25, 0.3) is 0 Å². The first-order chi connectivity index (χ1) is 18.6. The van der Waals surface area contributed by atoms with Crippen LogP contribution in [-0.4, -0.2) is 41.2 Å². The highest BCUT2D eigenvalue weighted by atomic mass is 35.5. The van der Waals surface area contributed by atoms with Crippen LogP contribution >= 0.6 is 11.6 Å². The molecule has 39 heavy (non-hydrogen) atoms. The molecule has 6 rings (SSSR count). The van der Waals surface area contributed by atoms with Gasteiger partial charge in [0, 0.05) is 30.8 Å². The molecule has 1 amide bonds. The molecule has 1 saturated carbocycles. The molecule has 1 atom stereocenters. The van der Waals surface area contributed by atoms with Crippen LogP contribution in [0.25, 0.3) is 22.3 Å². The number of fused-ring (bicyclic) bond motifs is 1. The Labute approximate surface area is 231 Å². The largest absolute Gasteiger partial charge is 0.390 e.